The highest BCUT2D eigenvalue weighted by atomic mass is 16.5. The first kappa shape index (κ1) is 21.9. The highest BCUT2D eigenvalue weighted by Gasteiger charge is 2.27. The summed E-state index contributed by atoms with van der Waals surface area (Å²) >= 11 is 0. The molecule has 30 heavy (non-hydrogen) atoms. The highest BCUT2D eigenvalue weighted by Crippen LogP contribution is 2.31. The second kappa shape index (κ2) is 8.92. The van der Waals surface area contributed by atoms with Crippen molar-refractivity contribution in [3.63, 3.8) is 0 Å². The summed E-state index contributed by atoms with van der Waals surface area (Å²) < 4.78 is 5.40. The fraction of sp³-hybridized carbons (Fsp3) is 0.478. The van der Waals surface area contributed by atoms with E-state index in [9.17, 15) is 9.90 Å². The molecule has 1 aromatic heterocycles. The van der Waals surface area contributed by atoms with Gasteiger partial charge in [0.25, 0.3) is 0 Å². The molecule has 1 aromatic carbocycles. The van der Waals surface area contributed by atoms with Crippen molar-refractivity contribution in [2.24, 2.45) is 0 Å². The standard InChI is InChI=1S/C23H32N4O3/c1-15-11-16(2)13-19(12-15)26-7-9-27(10-8-26)23(29)25(5)21-14-20(18(4)28)17(3)24-22(21)30-6/h11-14,18,28H,7-10H2,1-6H3. The Morgan fingerprint density at radius 1 is 1.10 bits per heavy atom. The summed E-state index contributed by atoms with van der Waals surface area (Å²) in [6.45, 7) is 10.6. The van der Waals surface area contributed by atoms with E-state index < -0.39 is 6.10 Å². The van der Waals surface area contributed by atoms with Gasteiger partial charge in [0.2, 0.25) is 5.88 Å². The van der Waals surface area contributed by atoms with Crippen LogP contribution < -0.4 is 14.5 Å². The largest absolute Gasteiger partial charge is 0.480 e. The maximum absolute atomic E-state index is 13.2. The number of hydrogen-bond donors (Lipinski definition) is 1. The molecule has 0 aliphatic carbocycles. The average molecular weight is 413 g/mol. The second-order valence-electron chi connectivity index (χ2n) is 8.03. The number of nitrogens with zero attached hydrogens (tertiary/aromatic N) is 4. The number of benzene rings is 1. The van der Waals surface area contributed by atoms with Crippen molar-refractivity contribution in [3.8, 4) is 5.88 Å². The first-order chi connectivity index (χ1) is 14.2. The number of urea groups is 1. The summed E-state index contributed by atoms with van der Waals surface area (Å²) in [6, 6.07) is 8.24. The molecule has 7 nitrogen and oxygen atoms in total. The number of aliphatic hydroxyl groups is 1. The fourth-order valence-electron chi connectivity index (χ4n) is 4.01. The first-order valence-electron chi connectivity index (χ1n) is 10.3. The summed E-state index contributed by atoms with van der Waals surface area (Å²) in [4.78, 5) is 23.3. The van der Waals surface area contributed by atoms with E-state index in [0.717, 1.165) is 13.1 Å². The number of ether oxygens (including phenoxy) is 1. The molecule has 3 rings (SSSR count). The molecule has 2 amide bonds. The number of aromatic nitrogens is 1. The molecule has 0 spiro atoms. The molecule has 1 N–H and O–H groups in total. The van der Waals surface area contributed by atoms with Crippen molar-refractivity contribution in [3.05, 3.63) is 46.6 Å². The molecule has 1 aliphatic rings. The lowest BCUT2D eigenvalue weighted by atomic mass is 10.1. The number of piperazine rings is 1. The number of anilines is 2. The zero-order chi connectivity index (χ0) is 22.0. The van der Waals surface area contributed by atoms with E-state index >= 15 is 0 Å². The smallest absolute Gasteiger partial charge is 0.324 e. The third kappa shape index (κ3) is 4.51. The Morgan fingerprint density at radius 3 is 2.23 bits per heavy atom. The zero-order valence-electron chi connectivity index (χ0n) is 18.8. The molecule has 1 aliphatic heterocycles. The number of carbonyl (C=O) groups excluding carboxylic acids is 1. The Kier molecular flexibility index (Phi) is 6.51. The van der Waals surface area contributed by atoms with E-state index in [1.54, 1.807) is 24.9 Å². The molecule has 1 atom stereocenters. The summed E-state index contributed by atoms with van der Waals surface area (Å²) in [7, 11) is 3.26. The summed E-state index contributed by atoms with van der Waals surface area (Å²) in [5, 5.41) is 10.0. The summed E-state index contributed by atoms with van der Waals surface area (Å²) in [5.74, 6) is 0.377. The fourth-order valence-corrected chi connectivity index (χ4v) is 4.01. The molecule has 1 fully saturated rings. The van der Waals surface area contributed by atoms with Crippen molar-refractivity contribution < 1.29 is 14.6 Å². The van der Waals surface area contributed by atoms with Crippen LogP contribution in [0.25, 0.3) is 0 Å². The predicted octanol–water partition coefficient (Wildman–Crippen LogP) is 3.45. The molecule has 0 radical (unpaired) electrons. The molecule has 2 heterocycles. The third-order valence-corrected chi connectivity index (χ3v) is 5.61. The van der Waals surface area contributed by atoms with E-state index in [4.69, 9.17) is 4.74 Å². The predicted molar refractivity (Wildman–Crippen MR) is 120 cm³/mol. The molecule has 1 unspecified atom stereocenters. The van der Waals surface area contributed by atoms with Crippen LogP contribution in [-0.2, 0) is 0 Å². The van der Waals surface area contributed by atoms with E-state index in [-0.39, 0.29) is 6.03 Å². The number of aryl methyl sites for hydroxylation is 3. The Hall–Kier alpha value is -2.80. The van der Waals surface area contributed by atoms with Crippen LogP contribution in [0.5, 0.6) is 5.88 Å². The van der Waals surface area contributed by atoms with Gasteiger partial charge in [-0.25, -0.2) is 9.78 Å². The minimum absolute atomic E-state index is 0.101. The van der Waals surface area contributed by atoms with Crippen LogP contribution in [0, 0.1) is 20.8 Å². The molecule has 2 aromatic rings. The van der Waals surface area contributed by atoms with Crippen molar-refractivity contribution in [1.29, 1.82) is 0 Å². The number of hydrogen-bond acceptors (Lipinski definition) is 5. The van der Waals surface area contributed by atoms with Crippen molar-refractivity contribution >= 4 is 17.4 Å². The normalized spacial score (nSPS) is 15.2. The van der Waals surface area contributed by atoms with Crippen LogP contribution >= 0.6 is 0 Å². The van der Waals surface area contributed by atoms with Gasteiger partial charge in [0.1, 0.15) is 5.69 Å². The number of carbonyl (C=O) groups is 1. The van der Waals surface area contributed by atoms with Gasteiger partial charge >= 0.3 is 6.03 Å². The van der Waals surface area contributed by atoms with Gasteiger partial charge in [-0.15, -0.1) is 0 Å². The molecular formula is C23H32N4O3. The van der Waals surface area contributed by atoms with E-state index in [0.29, 0.717) is 35.9 Å². The van der Waals surface area contributed by atoms with Gasteiger partial charge in [-0.2, -0.15) is 0 Å². The second-order valence-corrected chi connectivity index (χ2v) is 8.03. The van der Waals surface area contributed by atoms with Crippen LogP contribution in [0.1, 0.15) is 35.4 Å². The average Bonchev–Trinajstić information content (AvgIpc) is 2.71. The Balaban J connectivity index is 1.74. The van der Waals surface area contributed by atoms with Gasteiger partial charge in [-0.1, -0.05) is 6.07 Å². The topological polar surface area (TPSA) is 69.1 Å². The minimum atomic E-state index is -0.674. The zero-order valence-corrected chi connectivity index (χ0v) is 18.8. The Labute approximate surface area is 178 Å². The summed E-state index contributed by atoms with van der Waals surface area (Å²) in [5.41, 5.74) is 5.63. The lowest BCUT2D eigenvalue weighted by Crippen LogP contribution is -2.52. The van der Waals surface area contributed by atoms with Crippen LogP contribution in [0.3, 0.4) is 0 Å². The molecule has 1 saturated heterocycles. The molecular weight excluding hydrogens is 380 g/mol. The number of pyridine rings is 1. The molecule has 162 valence electrons. The maximum Gasteiger partial charge on any atom is 0.324 e. The number of amides is 2. The van der Waals surface area contributed by atoms with Crippen molar-refractivity contribution in [2.75, 3.05) is 50.1 Å². The van der Waals surface area contributed by atoms with Crippen molar-refractivity contribution in [1.82, 2.24) is 9.88 Å². The van der Waals surface area contributed by atoms with Gasteiger partial charge in [-0.05, 0) is 57.0 Å². The molecule has 0 saturated carbocycles. The van der Waals surface area contributed by atoms with Crippen molar-refractivity contribution in [2.45, 2.75) is 33.8 Å². The van der Waals surface area contributed by atoms with Gasteiger partial charge in [0, 0.05) is 50.2 Å². The van der Waals surface area contributed by atoms with Gasteiger partial charge < -0.3 is 19.6 Å². The van der Waals surface area contributed by atoms with Gasteiger partial charge in [0.15, 0.2) is 0 Å². The number of rotatable bonds is 4. The SMILES string of the molecule is COc1nc(C)c(C(C)O)cc1N(C)C(=O)N1CCN(c2cc(C)cc(C)c2)CC1. The maximum atomic E-state index is 13.2. The molecule has 0 bridgehead atoms. The first-order valence-corrected chi connectivity index (χ1v) is 10.3. The van der Waals surface area contributed by atoms with E-state index in [1.807, 2.05) is 11.8 Å². The van der Waals surface area contributed by atoms with Gasteiger partial charge in [-0.3, -0.25) is 4.90 Å². The van der Waals surface area contributed by atoms with Crippen LogP contribution in [0.2, 0.25) is 0 Å². The highest BCUT2D eigenvalue weighted by molar-refractivity contribution is 5.93. The summed E-state index contributed by atoms with van der Waals surface area (Å²) in [6.07, 6.45) is -0.674. The van der Waals surface area contributed by atoms with Crippen LogP contribution in [-0.4, -0.2) is 61.4 Å². The quantitative estimate of drug-likeness (QED) is 0.833. The monoisotopic (exact) mass is 412 g/mol. The molecule has 7 heteroatoms. The lowest BCUT2D eigenvalue weighted by Gasteiger charge is -2.38. The van der Waals surface area contributed by atoms with E-state index in [1.165, 1.54) is 23.9 Å². The van der Waals surface area contributed by atoms with Crippen LogP contribution in [0.15, 0.2) is 24.3 Å². The number of aliphatic hydroxyl groups excluding tert-OH is 1. The van der Waals surface area contributed by atoms with Crippen LogP contribution in [0.4, 0.5) is 16.2 Å². The minimum Gasteiger partial charge on any atom is -0.480 e. The third-order valence-electron chi connectivity index (χ3n) is 5.61. The van der Waals surface area contributed by atoms with E-state index in [2.05, 4.69) is 41.9 Å². The Morgan fingerprint density at radius 2 is 1.70 bits per heavy atom. The lowest BCUT2D eigenvalue weighted by molar-refractivity contribution is 0.197. The Bertz CT molecular complexity index is 901. The number of methoxy groups -OCH3 is 1. The van der Waals surface area contributed by atoms with Gasteiger partial charge in [0.05, 0.1) is 13.2 Å².